The second kappa shape index (κ2) is 3.62. The van der Waals surface area contributed by atoms with Crippen molar-refractivity contribution in [3.63, 3.8) is 0 Å². The predicted molar refractivity (Wildman–Crippen MR) is 52.9 cm³/mol. The first-order valence-electron chi connectivity index (χ1n) is 4.81. The number of carbonyl (C=O) groups excluding carboxylic acids is 1. The van der Waals surface area contributed by atoms with Crippen LogP contribution in [0.3, 0.4) is 0 Å². The summed E-state index contributed by atoms with van der Waals surface area (Å²) < 4.78 is 14.1. The standard InChI is InChI=1S/C11H12FNO2/c12-11(8-4-2-1-3-5-8)6-9(11)13-10(15)7-14/h1-5,9,14H,6-7H2,(H,13,15)/t9-,11-/m0/s1. The highest BCUT2D eigenvalue weighted by Gasteiger charge is 2.57. The molecule has 1 saturated carbocycles. The molecule has 1 fully saturated rings. The van der Waals surface area contributed by atoms with Gasteiger partial charge in [-0.2, -0.15) is 0 Å². The quantitative estimate of drug-likeness (QED) is 0.771. The van der Waals surface area contributed by atoms with Crippen LogP contribution in [0.4, 0.5) is 4.39 Å². The molecule has 4 heteroatoms. The van der Waals surface area contributed by atoms with E-state index in [0.717, 1.165) is 0 Å². The van der Waals surface area contributed by atoms with Crippen LogP contribution in [0.2, 0.25) is 0 Å². The van der Waals surface area contributed by atoms with Gasteiger partial charge in [0.2, 0.25) is 5.91 Å². The lowest BCUT2D eigenvalue weighted by molar-refractivity contribution is -0.124. The van der Waals surface area contributed by atoms with Gasteiger partial charge in [-0.25, -0.2) is 4.39 Å². The molecular weight excluding hydrogens is 197 g/mol. The number of benzene rings is 1. The van der Waals surface area contributed by atoms with Crippen LogP contribution in [-0.4, -0.2) is 23.7 Å². The molecule has 1 aliphatic carbocycles. The monoisotopic (exact) mass is 209 g/mol. The predicted octanol–water partition coefficient (Wildman–Crippen LogP) is 0.732. The number of carbonyl (C=O) groups is 1. The molecule has 1 aromatic rings. The average Bonchev–Trinajstić information content (AvgIpc) is 2.92. The number of rotatable bonds is 3. The molecule has 0 unspecified atom stereocenters. The highest BCUT2D eigenvalue weighted by molar-refractivity contribution is 5.78. The Morgan fingerprint density at radius 2 is 2.20 bits per heavy atom. The Morgan fingerprint density at radius 3 is 2.80 bits per heavy atom. The zero-order chi connectivity index (χ0) is 10.9. The van der Waals surface area contributed by atoms with E-state index in [2.05, 4.69) is 5.32 Å². The molecule has 0 heterocycles. The summed E-state index contributed by atoms with van der Waals surface area (Å²) in [6, 6.07) is 8.24. The summed E-state index contributed by atoms with van der Waals surface area (Å²) in [4.78, 5) is 10.9. The fourth-order valence-corrected chi connectivity index (χ4v) is 1.68. The van der Waals surface area contributed by atoms with Crippen molar-refractivity contribution in [2.24, 2.45) is 0 Å². The lowest BCUT2D eigenvalue weighted by Crippen LogP contribution is -2.31. The number of hydrogen-bond acceptors (Lipinski definition) is 2. The Kier molecular flexibility index (Phi) is 2.44. The summed E-state index contributed by atoms with van der Waals surface area (Å²) >= 11 is 0. The van der Waals surface area contributed by atoms with E-state index in [1.165, 1.54) is 0 Å². The van der Waals surface area contributed by atoms with Crippen molar-refractivity contribution in [2.75, 3.05) is 6.61 Å². The Labute approximate surface area is 86.9 Å². The van der Waals surface area contributed by atoms with Gasteiger partial charge >= 0.3 is 0 Å². The smallest absolute Gasteiger partial charge is 0.246 e. The number of hydrogen-bond donors (Lipinski definition) is 2. The molecule has 0 radical (unpaired) electrons. The first-order valence-corrected chi connectivity index (χ1v) is 4.81. The summed E-state index contributed by atoms with van der Waals surface area (Å²) in [5.41, 5.74) is -0.875. The fraction of sp³-hybridized carbons (Fsp3) is 0.364. The zero-order valence-corrected chi connectivity index (χ0v) is 8.11. The average molecular weight is 209 g/mol. The van der Waals surface area contributed by atoms with Gasteiger partial charge < -0.3 is 10.4 Å². The second-order valence-corrected chi connectivity index (χ2v) is 3.71. The Bertz CT molecular complexity index is 368. The molecular formula is C11H12FNO2. The summed E-state index contributed by atoms with van der Waals surface area (Å²) in [5, 5.41) is 10.9. The third-order valence-corrected chi connectivity index (χ3v) is 2.63. The summed E-state index contributed by atoms with van der Waals surface area (Å²) in [7, 11) is 0. The molecule has 1 aromatic carbocycles. The normalized spacial score (nSPS) is 28.5. The van der Waals surface area contributed by atoms with Crippen LogP contribution in [-0.2, 0) is 10.5 Å². The van der Waals surface area contributed by atoms with E-state index in [4.69, 9.17) is 5.11 Å². The first-order chi connectivity index (χ1) is 7.16. The molecule has 0 bridgehead atoms. The minimum Gasteiger partial charge on any atom is -0.387 e. The van der Waals surface area contributed by atoms with Gasteiger partial charge in [0.1, 0.15) is 6.61 Å². The van der Waals surface area contributed by atoms with Crippen LogP contribution < -0.4 is 5.32 Å². The molecule has 80 valence electrons. The van der Waals surface area contributed by atoms with Gasteiger partial charge in [0.05, 0.1) is 6.04 Å². The maximum absolute atomic E-state index is 14.1. The van der Waals surface area contributed by atoms with Crippen LogP contribution in [0.5, 0.6) is 0 Å². The van der Waals surface area contributed by atoms with Gasteiger partial charge in [-0.15, -0.1) is 0 Å². The lowest BCUT2D eigenvalue weighted by Gasteiger charge is -2.08. The first kappa shape index (κ1) is 10.1. The maximum atomic E-state index is 14.1. The van der Waals surface area contributed by atoms with E-state index in [1.54, 1.807) is 24.3 Å². The van der Waals surface area contributed by atoms with Gasteiger partial charge in [-0.3, -0.25) is 4.79 Å². The van der Waals surface area contributed by atoms with E-state index in [-0.39, 0.29) is 6.42 Å². The van der Waals surface area contributed by atoms with Crippen LogP contribution in [0, 0.1) is 0 Å². The number of amides is 1. The van der Waals surface area contributed by atoms with Crippen molar-refractivity contribution in [2.45, 2.75) is 18.1 Å². The zero-order valence-electron chi connectivity index (χ0n) is 8.11. The minimum atomic E-state index is -1.45. The lowest BCUT2D eigenvalue weighted by atomic mass is 10.1. The van der Waals surface area contributed by atoms with E-state index in [1.807, 2.05) is 6.07 Å². The number of halogens is 1. The van der Waals surface area contributed by atoms with Crippen LogP contribution in [0.1, 0.15) is 12.0 Å². The van der Waals surface area contributed by atoms with Crippen LogP contribution >= 0.6 is 0 Å². The highest BCUT2D eigenvalue weighted by atomic mass is 19.1. The second-order valence-electron chi connectivity index (χ2n) is 3.71. The summed E-state index contributed by atoms with van der Waals surface area (Å²) in [5.74, 6) is -0.532. The van der Waals surface area contributed by atoms with Crippen molar-refractivity contribution in [1.82, 2.24) is 5.32 Å². The van der Waals surface area contributed by atoms with E-state index < -0.39 is 24.2 Å². The number of alkyl halides is 1. The SMILES string of the molecule is O=C(CO)N[C@H]1C[C@]1(F)c1ccccc1. The maximum Gasteiger partial charge on any atom is 0.246 e. The van der Waals surface area contributed by atoms with Crippen molar-refractivity contribution < 1.29 is 14.3 Å². The van der Waals surface area contributed by atoms with E-state index in [0.29, 0.717) is 5.56 Å². The molecule has 0 aromatic heterocycles. The Balaban J connectivity index is 2.04. The fourth-order valence-electron chi connectivity index (χ4n) is 1.68. The largest absolute Gasteiger partial charge is 0.387 e. The van der Waals surface area contributed by atoms with Gasteiger partial charge in [-0.05, 0) is 5.56 Å². The van der Waals surface area contributed by atoms with E-state index in [9.17, 15) is 9.18 Å². The Hall–Kier alpha value is -1.42. The summed E-state index contributed by atoms with van der Waals surface area (Å²) in [6.07, 6.45) is 0.281. The molecule has 2 N–H and O–H groups in total. The van der Waals surface area contributed by atoms with Gasteiger partial charge in [0.15, 0.2) is 5.67 Å². The van der Waals surface area contributed by atoms with Crippen molar-refractivity contribution in [3.05, 3.63) is 35.9 Å². The van der Waals surface area contributed by atoms with Crippen molar-refractivity contribution in [3.8, 4) is 0 Å². The molecule has 3 nitrogen and oxygen atoms in total. The molecule has 0 spiro atoms. The molecule has 1 amide bonds. The van der Waals surface area contributed by atoms with Crippen molar-refractivity contribution >= 4 is 5.91 Å². The topological polar surface area (TPSA) is 49.3 Å². The van der Waals surface area contributed by atoms with Crippen LogP contribution in [0.25, 0.3) is 0 Å². The number of nitrogens with one attached hydrogen (secondary N) is 1. The van der Waals surface area contributed by atoms with Crippen molar-refractivity contribution in [1.29, 1.82) is 0 Å². The van der Waals surface area contributed by atoms with Gasteiger partial charge in [0, 0.05) is 6.42 Å². The van der Waals surface area contributed by atoms with Gasteiger partial charge in [0.25, 0.3) is 0 Å². The molecule has 2 rings (SSSR count). The molecule has 15 heavy (non-hydrogen) atoms. The summed E-state index contributed by atoms with van der Waals surface area (Å²) in [6.45, 7) is -0.596. The molecule has 1 aliphatic rings. The number of aliphatic hydroxyl groups is 1. The number of aliphatic hydroxyl groups excluding tert-OH is 1. The third-order valence-electron chi connectivity index (χ3n) is 2.63. The molecule has 0 saturated heterocycles. The third kappa shape index (κ3) is 1.85. The molecule has 0 aliphatic heterocycles. The highest BCUT2D eigenvalue weighted by Crippen LogP contribution is 2.49. The van der Waals surface area contributed by atoms with E-state index >= 15 is 0 Å². The Morgan fingerprint density at radius 1 is 1.53 bits per heavy atom. The van der Waals surface area contributed by atoms with Gasteiger partial charge in [-0.1, -0.05) is 30.3 Å². The minimum absolute atomic E-state index is 0.281. The van der Waals surface area contributed by atoms with Crippen LogP contribution in [0.15, 0.2) is 30.3 Å². The molecule has 2 atom stereocenters.